The number of nitrogens with one attached hydrogen (secondary N) is 1. The van der Waals surface area contributed by atoms with Gasteiger partial charge in [-0.05, 0) is 72.9 Å². The van der Waals surface area contributed by atoms with Gasteiger partial charge in [0.15, 0.2) is 0 Å². The molecular weight excluding hydrogens is 391 g/mol. The van der Waals surface area contributed by atoms with Gasteiger partial charge in [-0.1, -0.05) is 36.4 Å². The van der Waals surface area contributed by atoms with E-state index in [1.165, 1.54) is 12.1 Å². The highest BCUT2D eigenvalue weighted by Crippen LogP contribution is 2.33. The van der Waals surface area contributed by atoms with Crippen molar-refractivity contribution in [1.29, 1.82) is 0 Å². The molecule has 4 nitrogen and oxygen atoms in total. The van der Waals surface area contributed by atoms with Gasteiger partial charge >= 0.3 is 0 Å². The van der Waals surface area contributed by atoms with Crippen LogP contribution in [0.1, 0.15) is 29.5 Å². The van der Waals surface area contributed by atoms with Crippen LogP contribution in [0.4, 0.5) is 15.8 Å². The number of amides is 2. The zero-order valence-corrected chi connectivity index (χ0v) is 17.5. The molecule has 4 rings (SSSR count). The molecule has 1 saturated carbocycles. The smallest absolute Gasteiger partial charge is 0.230 e. The van der Waals surface area contributed by atoms with Crippen LogP contribution in [0.25, 0.3) is 0 Å². The van der Waals surface area contributed by atoms with Gasteiger partial charge in [0.25, 0.3) is 0 Å². The average molecular weight is 416 g/mol. The standard InChI is InChI=1S/C26H25FN2O2/c1-18-3-2-4-23(15-18)28-25(30)16-19-7-13-24(14-8-19)29(26(31)21-9-10-21)17-20-5-11-22(27)12-6-20/h2-8,11-15,21H,9-10,16-17H2,1H3,(H,28,30). The number of rotatable bonds is 7. The van der Waals surface area contributed by atoms with E-state index in [1.807, 2.05) is 55.5 Å². The second-order valence-corrected chi connectivity index (χ2v) is 8.09. The summed E-state index contributed by atoms with van der Waals surface area (Å²) in [4.78, 5) is 27.0. The minimum atomic E-state index is -0.294. The number of halogens is 1. The van der Waals surface area contributed by atoms with Crippen molar-refractivity contribution in [3.8, 4) is 0 Å². The third kappa shape index (κ3) is 5.57. The van der Waals surface area contributed by atoms with Gasteiger partial charge in [-0.3, -0.25) is 9.59 Å². The molecule has 0 aromatic heterocycles. The molecule has 0 radical (unpaired) electrons. The van der Waals surface area contributed by atoms with E-state index in [1.54, 1.807) is 17.0 Å². The molecule has 1 N–H and O–H groups in total. The zero-order valence-electron chi connectivity index (χ0n) is 17.5. The van der Waals surface area contributed by atoms with Crippen LogP contribution in [0.15, 0.2) is 72.8 Å². The largest absolute Gasteiger partial charge is 0.326 e. The van der Waals surface area contributed by atoms with Gasteiger partial charge in [-0.25, -0.2) is 4.39 Å². The summed E-state index contributed by atoms with van der Waals surface area (Å²) >= 11 is 0. The molecule has 1 aliphatic rings. The molecule has 0 unspecified atom stereocenters. The van der Waals surface area contributed by atoms with E-state index in [0.717, 1.165) is 40.9 Å². The third-order valence-corrected chi connectivity index (χ3v) is 5.36. The number of hydrogen-bond acceptors (Lipinski definition) is 2. The molecule has 0 aliphatic heterocycles. The lowest BCUT2D eigenvalue weighted by atomic mass is 10.1. The number of carbonyl (C=O) groups is 2. The van der Waals surface area contributed by atoms with Crippen molar-refractivity contribution in [3.05, 3.63) is 95.3 Å². The molecule has 0 saturated heterocycles. The molecule has 158 valence electrons. The first-order valence-electron chi connectivity index (χ1n) is 10.5. The topological polar surface area (TPSA) is 49.4 Å². The fourth-order valence-corrected chi connectivity index (χ4v) is 3.53. The average Bonchev–Trinajstić information content (AvgIpc) is 3.59. The van der Waals surface area contributed by atoms with Crippen molar-refractivity contribution in [2.45, 2.75) is 32.7 Å². The quantitative estimate of drug-likeness (QED) is 0.571. The molecule has 0 bridgehead atoms. The summed E-state index contributed by atoms with van der Waals surface area (Å²) in [7, 11) is 0. The van der Waals surface area contributed by atoms with Crippen molar-refractivity contribution < 1.29 is 14.0 Å². The van der Waals surface area contributed by atoms with Crippen molar-refractivity contribution >= 4 is 23.2 Å². The molecule has 5 heteroatoms. The molecule has 31 heavy (non-hydrogen) atoms. The lowest BCUT2D eigenvalue weighted by Crippen LogP contribution is -2.31. The van der Waals surface area contributed by atoms with Gasteiger partial charge in [-0.2, -0.15) is 0 Å². The van der Waals surface area contributed by atoms with Gasteiger partial charge in [0.2, 0.25) is 11.8 Å². The predicted molar refractivity (Wildman–Crippen MR) is 120 cm³/mol. The minimum Gasteiger partial charge on any atom is -0.326 e. The van der Waals surface area contributed by atoms with Gasteiger partial charge in [0, 0.05) is 17.3 Å². The number of nitrogens with zero attached hydrogens (tertiary/aromatic N) is 1. The molecule has 3 aromatic rings. The molecule has 3 aromatic carbocycles. The lowest BCUT2D eigenvalue weighted by molar-refractivity contribution is -0.120. The van der Waals surface area contributed by atoms with E-state index >= 15 is 0 Å². The second kappa shape index (κ2) is 9.13. The van der Waals surface area contributed by atoms with E-state index in [9.17, 15) is 14.0 Å². The van der Waals surface area contributed by atoms with Crippen LogP contribution in [0.2, 0.25) is 0 Å². The Labute approximate surface area is 181 Å². The Kier molecular flexibility index (Phi) is 6.12. The van der Waals surface area contributed by atoms with Crippen molar-refractivity contribution in [2.75, 3.05) is 10.2 Å². The Hall–Kier alpha value is -3.47. The number of aryl methyl sites for hydroxylation is 1. The van der Waals surface area contributed by atoms with E-state index in [4.69, 9.17) is 0 Å². The Morgan fingerprint density at radius 3 is 2.29 bits per heavy atom. The second-order valence-electron chi connectivity index (χ2n) is 8.09. The first-order valence-corrected chi connectivity index (χ1v) is 10.5. The van der Waals surface area contributed by atoms with Crippen molar-refractivity contribution in [3.63, 3.8) is 0 Å². The highest BCUT2D eigenvalue weighted by atomic mass is 19.1. The summed E-state index contributed by atoms with van der Waals surface area (Å²) in [6.45, 7) is 2.37. The molecule has 0 heterocycles. The first kappa shape index (κ1) is 20.8. The Morgan fingerprint density at radius 1 is 0.968 bits per heavy atom. The van der Waals surface area contributed by atoms with E-state index in [2.05, 4.69) is 5.32 Å². The Morgan fingerprint density at radius 2 is 1.65 bits per heavy atom. The van der Waals surface area contributed by atoms with Gasteiger partial charge in [0.05, 0.1) is 13.0 Å². The van der Waals surface area contributed by atoms with Gasteiger partial charge in [0.1, 0.15) is 5.82 Å². The molecular formula is C26H25FN2O2. The van der Waals surface area contributed by atoms with Crippen LogP contribution in [0.5, 0.6) is 0 Å². The summed E-state index contributed by atoms with van der Waals surface area (Å²) in [6.07, 6.45) is 2.08. The van der Waals surface area contributed by atoms with Crippen LogP contribution in [-0.2, 0) is 22.6 Å². The summed E-state index contributed by atoms with van der Waals surface area (Å²) in [5.74, 6) is -0.220. The van der Waals surface area contributed by atoms with Crippen LogP contribution < -0.4 is 10.2 Å². The lowest BCUT2D eigenvalue weighted by Gasteiger charge is -2.23. The normalized spacial score (nSPS) is 13.0. The summed E-state index contributed by atoms with van der Waals surface area (Å²) < 4.78 is 13.2. The highest BCUT2D eigenvalue weighted by Gasteiger charge is 2.34. The minimum absolute atomic E-state index is 0.0697. The summed E-state index contributed by atoms with van der Waals surface area (Å²) in [5, 5.41) is 2.91. The molecule has 1 aliphatic carbocycles. The maximum atomic E-state index is 13.2. The Balaban J connectivity index is 1.45. The van der Waals surface area contributed by atoms with Gasteiger partial charge in [-0.15, -0.1) is 0 Å². The third-order valence-electron chi connectivity index (χ3n) is 5.36. The fraction of sp³-hybridized carbons (Fsp3) is 0.231. The number of benzene rings is 3. The monoisotopic (exact) mass is 416 g/mol. The number of hydrogen-bond donors (Lipinski definition) is 1. The SMILES string of the molecule is Cc1cccc(NC(=O)Cc2ccc(N(Cc3ccc(F)cc3)C(=O)C3CC3)cc2)c1. The number of anilines is 2. The fourth-order valence-electron chi connectivity index (χ4n) is 3.53. The molecule has 2 amide bonds. The molecule has 0 spiro atoms. The van der Waals surface area contributed by atoms with Crippen LogP contribution in [-0.4, -0.2) is 11.8 Å². The van der Waals surface area contributed by atoms with E-state index in [-0.39, 0.29) is 30.0 Å². The van der Waals surface area contributed by atoms with E-state index in [0.29, 0.717) is 6.54 Å². The van der Waals surface area contributed by atoms with Crippen molar-refractivity contribution in [1.82, 2.24) is 0 Å². The molecule has 0 atom stereocenters. The summed E-state index contributed by atoms with van der Waals surface area (Å²) in [5.41, 5.74) is 4.39. The maximum absolute atomic E-state index is 13.2. The maximum Gasteiger partial charge on any atom is 0.230 e. The van der Waals surface area contributed by atoms with Crippen molar-refractivity contribution in [2.24, 2.45) is 5.92 Å². The summed E-state index contributed by atoms with van der Waals surface area (Å²) in [6, 6.07) is 21.4. The van der Waals surface area contributed by atoms with Crippen LogP contribution >= 0.6 is 0 Å². The van der Waals surface area contributed by atoms with Gasteiger partial charge < -0.3 is 10.2 Å². The zero-order chi connectivity index (χ0) is 21.8. The number of carbonyl (C=O) groups excluding carboxylic acids is 2. The predicted octanol–water partition coefficient (Wildman–Crippen LogP) is 5.26. The van der Waals surface area contributed by atoms with Crippen LogP contribution in [0, 0.1) is 18.7 Å². The first-order chi connectivity index (χ1) is 15.0. The molecule has 1 fully saturated rings. The van der Waals surface area contributed by atoms with E-state index < -0.39 is 0 Å². The Bertz CT molecular complexity index is 1070. The van der Waals surface area contributed by atoms with Crippen LogP contribution in [0.3, 0.4) is 0 Å². The highest BCUT2D eigenvalue weighted by molar-refractivity contribution is 5.96.